The number of nitrogens with two attached hydrogens (primary N) is 1. The summed E-state index contributed by atoms with van der Waals surface area (Å²) in [6, 6.07) is 9.69. The van der Waals surface area contributed by atoms with Crippen molar-refractivity contribution < 1.29 is 0 Å². The summed E-state index contributed by atoms with van der Waals surface area (Å²) in [5.41, 5.74) is 8.24. The minimum Gasteiger partial charge on any atom is -0.320 e. The zero-order valence-corrected chi connectivity index (χ0v) is 11.6. The number of pyridine rings is 1. The topological polar surface area (TPSA) is 38.9 Å². The second-order valence-corrected chi connectivity index (χ2v) is 5.20. The predicted molar refractivity (Wildman–Crippen MR) is 72.1 cm³/mol. The largest absolute Gasteiger partial charge is 0.320 e. The van der Waals surface area contributed by atoms with Gasteiger partial charge >= 0.3 is 0 Å². The smallest absolute Gasteiger partial charge is 0.0578 e. The summed E-state index contributed by atoms with van der Waals surface area (Å²) in [4.78, 5) is 4.07. The molecule has 2 nitrogen and oxygen atoms in total. The van der Waals surface area contributed by atoms with Crippen molar-refractivity contribution in [1.29, 1.82) is 0 Å². The highest BCUT2D eigenvalue weighted by Crippen LogP contribution is 2.28. The molecule has 16 heavy (non-hydrogen) atoms. The van der Waals surface area contributed by atoms with Crippen molar-refractivity contribution in [2.75, 3.05) is 0 Å². The second kappa shape index (κ2) is 5.08. The lowest BCUT2D eigenvalue weighted by atomic mass is 10.0. The maximum atomic E-state index is 6.18. The van der Waals surface area contributed by atoms with Crippen LogP contribution in [-0.2, 0) is 0 Å². The van der Waals surface area contributed by atoms with Gasteiger partial charge in [0.25, 0.3) is 0 Å². The third kappa shape index (κ3) is 2.51. The normalized spacial score (nSPS) is 12.4. The highest BCUT2D eigenvalue weighted by molar-refractivity contribution is 9.11. The first-order valence-corrected chi connectivity index (χ1v) is 6.37. The monoisotopic (exact) mass is 340 g/mol. The lowest BCUT2D eigenvalue weighted by Crippen LogP contribution is -2.12. The molecule has 1 atom stereocenters. The number of hydrogen-bond acceptors (Lipinski definition) is 2. The van der Waals surface area contributed by atoms with E-state index in [9.17, 15) is 0 Å². The Morgan fingerprint density at radius 3 is 2.62 bits per heavy atom. The molecule has 4 heteroatoms. The van der Waals surface area contributed by atoms with Crippen molar-refractivity contribution in [1.82, 2.24) is 4.98 Å². The summed E-state index contributed by atoms with van der Waals surface area (Å²) in [6.07, 6.45) is 3.53. The van der Waals surface area contributed by atoms with Crippen LogP contribution in [0.3, 0.4) is 0 Å². The van der Waals surface area contributed by atoms with E-state index >= 15 is 0 Å². The molecule has 1 unspecified atom stereocenters. The molecule has 0 saturated heterocycles. The molecule has 0 amide bonds. The number of nitrogens with zero attached hydrogens (tertiary/aromatic N) is 1. The van der Waals surface area contributed by atoms with E-state index in [2.05, 4.69) is 36.8 Å². The van der Waals surface area contributed by atoms with Crippen LogP contribution in [0.2, 0.25) is 0 Å². The highest BCUT2D eigenvalue weighted by atomic mass is 79.9. The van der Waals surface area contributed by atoms with Crippen LogP contribution in [0.25, 0.3) is 0 Å². The molecule has 0 aliphatic heterocycles. The molecule has 2 N–H and O–H groups in total. The molecule has 0 spiro atoms. The molecule has 1 aromatic carbocycles. The Morgan fingerprint density at radius 2 is 2.00 bits per heavy atom. The Morgan fingerprint density at radius 1 is 1.19 bits per heavy atom. The Bertz CT molecular complexity index is 486. The summed E-state index contributed by atoms with van der Waals surface area (Å²) in [6.45, 7) is 0. The van der Waals surface area contributed by atoms with Crippen molar-refractivity contribution in [3.05, 3.63) is 62.8 Å². The molecule has 0 fully saturated rings. The Kier molecular flexibility index (Phi) is 3.74. The number of hydrogen-bond donors (Lipinski definition) is 1. The minimum absolute atomic E-state index is 0.156. The molecule has 0 bridgehead atoms. The van der Waals surface area contributed by atoms with E-state index in [0.29, 0.717) is 0 Å². The first-order valence-electron chi connectivity index (χ1n) is 4.79. The zero-order valence-electron chi connectivity index (χ0n) is 8.40. The van der Waals surface area contributed by atoms with Crippen LogP contribution in [0.4, 0.5) is 0 Å². The van der Waals surface area contributed by atoms with Crippen LogP contribution >= 0.6 is 31.9 Å². The van der Waals surface area contributed by atoms with E-state index in [1.807, 2.05) is 30.3 Å². The Hall–Kier alpha value is -0.710. The molecular formula is C12H10Br2N2. The van der Waals surface area contributed by atoms with Gasteiger partial charge in [0, 0.05) is 21.3 Å². The van der Waals surface area contributed by atoms with E-state index in [1.54, 1.807) is 12.4 Å². The molecule has 0 radical (unpaired) electrons. The van der Waals surface area contributed by atoms with E-state index in [1.165, 1.54) is 0 Å². The lowest BCUT2D eigenvalue weighted by molar-refractivity contribution is 0.857. The fourth-order valence-corrected chi connectivity index (χ4v) is 2.79. The van der Waals surface area contributed by atoms with Gasteiger partial charge in [-0.2, -0.15) is 0 Å². The Balaban J connectivity index is 2.38. The minimum atomic E-state index is -0.156. The Labute approximate surface area is 111 Å². The maximum absolute atomic E-state index is 6.18. The van der Waals surface area contributed by atoms with Crippen molar-refractivity contribution in [2.45, 2.75) is 6.04 Å². The van der Waals surface area contributed by atoms with Crippen LogP contribution in [-0.4, -0.2) is 4.98 Å². The summed E-state index contributed by atoms with van der Waals surface area (Å²) >= 11 is 6.93. The molecular weight excluding hydrogens is 332 g/mol. The highest BCUT2D eigenvalue weighted by Gasteiger charge is 2.12. The van der Waals surface area contributed by atoms with Crippen molar-refractivity contribution in [3.8, 4) is 0 Å². The van der Waals surface area contributed by atoms with Crippen molar-refractivity contribution >= 4 is 31.9 Å². The van der Waals surface area contributed by atoms with Crippen molar-refractivity contribution in [2.24, 2.45) is 5.73 Å². The molecule has 2 rings (SSSR count). The van der Waals surface area contributed by atoms with Gasteiger partial charge in [0.05, 0.1) is 6.04 Å². The molecule has 0 aliphatic rings. The fraction of sp³-hybridized carbons (Fsp3) is 0.0833. The average Bonchev–Trinajstić information content (AvgIpc) is 2.29. The van der Waals surface area contributed by atoms with Gasteiger partial charge in [-0.25, -0.2) is 0 Å². The van der Waals surface area contributed by atoms with E-state index in [0.717, 1.165) is 20.1 Å². The first kappa shape index (κ1) is 11.8. The van der Waals surface area contributed by atoms with Crippen LogP contribution in [0, 0.1) is 0 Å². The van der Waals surface area contributed by atoms with Crippen LogP contribution in [0.5, 0.6) is 0 Å². The van der Waals surface area contributed by atoms with Gasteiger partial charge in [-0.05, 0) is 29.3 Å². The van der Waals surface area contributed by atoms with Gasteiger partial charge in [0.15, 0.2) is 0 Å². The van der Waals surface area contributed by atoms with Gasteiger partial charge in [-0.15, -0.1) is 0 Å². The zero-order chi connectivity index (χ0) is 11.5. The summed E-state index contributed by atoms with van der Waals surface area (Å²) in [7, 11) is 0. The standard InChI is InChI=1S/C12H10Br2N2/c13-9-3-4-10(11(14)6-9)12(15)8-2-1-5-16-7-8/h1-7,12H,15H2. The molecule has 0 saturated carbocycles. The van der Waals surface area contributed by atoms with Crippen LogP contribution in [0.15, 0.2) is 51.7 Å². The lowest BCUT2D eigenvalue weighted by Gasteiger charge is -2.14. The summed E-state index contributed by atoms with van der Waals surface area (Å²) in [5, 5.41) is 0. The van der Waals surface area contributed by atoms with Gasteiger partial charge in [-0.3, -0.25) is 4.98 Å². The molecule has 1 aromatic heterocycles. The summed E-state index contributed by atoms with van der Waals surface area (Å²) in [5.74, 6) is 0. The van der Waals surface area contributed by atoms with Gasteiger partial charge in [0.2, 0.25) is 0 Å². The van der Waals surface area contributed by atoms with E-state index < -0.39 is 0 Å². The number of benzene rings is 1. The van der Waals surface area contributed by atoms with Gasteiger partial charge in [0.1, 0.15) is 0 Å². The summed E-state index contributed by atoms with van der Waals surface area (Å²) < 4.78 is 2.03. The van der Waals surface area contributed by atoms with E-state index in [-0.39, 0.29) is 6.04 Å². The molecule has 1 heterocycles. The molecule has 82 valence electrons. The SMILES string of the molecule is NC(c1cccnc1)c1ccc(Br)cc1Br. The third-order valence-electron chi connectivity index (χ3n) is 2.34. The third-order valence-corrected chi connectivity index (χ3v) is 3.52. The quantitative estimate of drug-likeness (QED) is 0.905. The molecule has 0 aliphatic carbocycles. The predicted octanol–water partition coefficient (Wildman–Crippen LogP) is 3.65. The van der Waals surface area contributed by atoms with E-state index in [4.69, 9.17) is 5.73 Å². The average molecular weight is 342 g/mol. The number of rotatable bonds is 2. The fourth-order valence-electron chi connectivity index (χ4n) is 1.49. The number of aromatic nitrogens is 1. The van der Waals surface area contributed by atoms with Crippen molar-refractivity contribution in [3.63, 3.8) is 0 Å². The van der Waals surface area contributed by atoms with Gasteiger partial charge < -0.3 is 5.73 Å². The van der Waals surface area contributed by atoms with Crippen LogP contribution < -0.4 is 5.73 Å². The van der Waals surface area contributed by atoms with Crippen LogP contribution in [0.1, 0.15) is 17.2 Å². The molecule has 2 aromatic rings. The first-order chi connectivity index (χ1) is 7.68. The van der Waals surface area contributed by atoms with Gasteiger partial charge in [-0.1, -0.05) is 44.0 Å². The second-order valence-electron chi connectivity index (χ2n) is 3.43. The number of halogens is 2. The maximum Gasteiger partial charge on any atom is 0.0578 e.